The van der Waals surface area contributed by atoms with Gasteiger partial charge in [-0.1, -0.05) is 18.2 Å². The van der Waals surface area contributed by atoms with Crippen molar-refractivity contribution in [2.24, 2.45) is 11.5 Å². The second-order valence-electron chi connectivity index (χ2n) is 6.72. The Morgan fingerprint density at radius 2 is 2.00 bits per heavy atom. The van der Waals surface area contributed by atoms with Crippen molar-refractivity contribution in [1.82, 2.24) is 0 Å². The third kappa shape index (κ3) is 3.40. The molecule has 4 rings (SSSR count). The van der Waals surface area contributed by atoms with Crippen molar-refractivity contribution in [3.63, 3.8) is 0 Å². The number of hydrogen-bond acceptors (Lipinski definition) is 8. The second kappa shape index (κ2) is 7.76. The third-order valence-corrected chi connectivity index (χ3v) is 4.87. The van der Waals surface area contributed by atoms with Gasteiger partial charge in [-0.15, -0.1) is 0 Å². The van der Waals surface area contributed by atoms with E-state index < -0.39 is 17.5 Å². The lowest BCUT2D eigenvalue weighted by molar-refractivity contribution is -0.119. The Labute approximate surface area is 176 Å². The lowest BCUT2D eigenvalue weighted by Crippen LogP contribution is -2.26. The van der Waals surface area contributed by atoms with Gasteiger partial charge < -0.3 is 30.1 Å². The molecule has 1 amide bonds. The summed E-state index contributed by atoms with van der Waals surface area (Å²) in [6.07, 6.45) is 0. The molecule has 0 fully saturated rings. The van der Waals surface area contributed by atoms with E-state index in [1.807, 2.05) is 6.07 Å². The fourth-order valence-corrected chi connectivity index (χ4v) is 3.53. The predicted octanol–water partition coefficient (Wildman–Crippen LogP) is 1.88. The first-order chi connectivity index (χ1) is 14.9. The smallest absolute Gasteiger partial charge is 0.344 e. The number of benzene rings is 2. The zero-order chi connectivity index (χ0) is 22.1. The number of hydrogen-bond donors (Lipinski definition) is 2. The normalized spacial score (nSPS) is 15.0. The molecule has 1 atom stereocenters. The molecule has 1 aliphatic rings. The van der Waals surface area contributed by atoms with Crippen LogP contribution in [-0.2, 0) is 4.79 Å². The van der Waals surface area contributed by atoms with Crippen LogP contribution in [0.5, 0.6) is 17.2 Å². The van der Waals surface area contributed by atoms with E-state index in [1.54, 1.807) is 42.5 Å². The first-order valence-electron chi connectivity index (χ1n) is 9.17. The highest BCUT2D eigenvalue weighted by Crippen LogP contribution is 2.44. The van der Waals surface area contributed by atoms with E-state index in [4.69, 9.17) is 30.1 Å². The Morgan fingerprint density at radius 1 is 1.23 bits per heavy atom. The Hall–Kier alpha value is -4.45. The topological polar surface area (TPSA) is 151 Å². The van der Waals surface area contributed by atoms with Gasteiger partial charge in [0.1, 0.15) is 17.2 Å². The quantitative estimate of drug-likeness (QED) is 0.595. The standard InChI is InChI=1S/C22H17N3O6/c1-28-15-7-6-11(8-16(15)29-10-17(24)26)18-13(9-23)21(25)31-20-12-4-2-3-5-14(12)30-22(27)19(18)20/h2-8,18H,10,25H2,1H3,(H2,24,26)/t18-/m0/s1. The summed E-state index contributed by atoms with van der Waals surface area (Å²) in [5, 5.41) is 10.3. The van der Waals surface area contributed by atoms with Gasteiger partial charge in [0.05, 0.1) is 24.0 Å². The van der Waals surface area contributed by atoms with Crippen LogP contribution in [-0.4, -0.2) is 19.6 Å². The van der Waals surface area contributed by atoms with Crippen molar-refractivity contribution in [2.45, 2.75) is 5.92 Å². The molecule has 0 bridgehead atoms. The van der Waals surface area contributed by atoms with Crippen LogP contribution in [0.1, 0.15) is 17.0 Å². The maximum atomic E-state index is 12.9. The highest BCUT2D eigenvalue weighted by Gasteiger charge is 2.36. The number of carbonyl (C=O) groups is 1. The molecule has 2 aromatic carbocycles. The Kier molecular flexibility index (Phi) is 4.97. The summed E-state index contributed by atoms with van der Waals surface area (Å²) >= 11 is 0. The van der Waals surface area contributed by atoms with Gasteiger partial charge in [-0.05, 0) is 29.8 Å². The Morgan fingerprint density at radius 3 is 2.71 bits per heavy atom. The number of nitrogens with zero attached hydrogens (tertiary/aromatic N) is 1. The molecule has 1 aromatic heterocycles. The molecule has 156 valence electrons. The summed E-state index contributed by atoms with van der Waals surface area (Å²) in [5.74, 6) is -0.879. The number of ether oxygens (including phenoxy) is 3. The van der Waals surface area contributed by atoms with Gasteiger partial charge in [0.25, 0.3) is 5.91 Å². The highest BCUT2D eigenvalue weighted by molar-refractivity contribution is 5.86. The van der Waals surface area contributed by atoms with Gasteiger partial charge in [-0.25, -0.2) is 4.79 Å². The van der Waals surface area contributed by atoms with Crippen LogP contribution in [0.4, 0.5) is 0 Å². The molecule has 1 aliphatic heterocycles. The summed E-state index contributed by atoms with van der Waals surface area (Å²) in [5.41, 5.74) is 11.6. The molecule has 0 spiro atoms. The number of para-hydroxylation sites is 1. The van der Waals surface area contributed by atoms with Crippen LogP contribution in [0, 0.1) is 11.3 Å². The molecule has 2 heterocycles. The van der Waals surface area contributed by atoms with Crippen molar-refractivity contribution >= 4 is 16.9 Å². The van der Waals surface area contributed by atoms with E-state index in [9.17, 15) is 14.9 Å². The lowest BCUT2D eigenvalue weighted by Gasteiger charge is -2.26. The SMILES string of the molecule is COc1ccc([C@H]2C(C#N)=C(N)Oc3c2c(=O)oc2ccccc32)cc1OCC(N)=O. The molecular formula is C22H17N3O6. The van der Waals surface area contributed by atoms with E-state index in [0.29, 0.717) is 22.3 Å². The number of rotatable bonds is 5. The van der Waals surface area contributed by atoms with Crippen LogP contribution in [0.3, 0.4) is 0 Å². The molecule has 9 heteroatoms. The van der Waals surface area contributed by atoms with Gasteiger partial charge >= 0.3 is 5.63 Å². The van der Waals surface area contributed by atoms with Crippen molar-refractivity contribution < 1.29 is 23.4 Å². The van der Waals surface area contributed by atoms with E-state index >= 15 is 0 Å². The number of primary amides is 1. The third-order valence-electron chi connectivity index (χ3n) is 4.87. The van der Waals surface area contributed by atoms with Crippen molar-refractivity contribution in [1.29, 1.82) is 5.26 Å². The molecule has 0 unspecified atom stereocenters. The number of fused-ring (bicyclic) bond motifs is 3. The molecule has 31 heavy (non-hydrogen) atoms. The van der Waals surface area contributed by atoms with Crippen LogP contribution in [0.25, 0.3) is 11.0 Å². The predicted molar refractivity (Wildman–Crippen MR) is 109 cm³/mol. The maximum Gasteiger partial charge on any atom is 0.344 e. The van der Waals surface area contributed by atoms with Crippen molar-refractivity contribution in [3.05, 3.63) is 75.5 Å². The van der Waals surface area contributed by atoms with Gasteiger partial charge in [-0.3, -0.25) is 4.79 Å². The number of methoxy groups -OCH3 is 1. The van der Waals surface area contributed by atoms with Gasteiger partial charge in [0.2, 0.25) is 5.88 Å². The van der Waals surface area contributed by atoms with Gasteiger partial charge in [-0.2, -0.15) is 5.26 Å². The van der Waals surface area contributed by atoms with Gasteiger partial charge in [0.15, 0.2) is 23.9 Å². The van der Waals surface area contributed by atoms with Crippen molar-refractivity contribution in [2.75, 3.05) is 13.7 Å². The summed E-state index contributed by atoms with van der Waals surface area (Å²) in [6, 6.07) is 13.7. The minimum Gasteiger partial charge on any atom is -0.493 e. The minimum absolute atomic E-state index is 0.0427. The molecule has 4 N–H and O–H groups in total. The largest absolute Gasteiger partial charge is 0.493 e. The summed E-state index contributed by atoms with van der Waals surface area (Å²) < 4.78 is 21.9. The Bertz CT molecular complexity index is 1340. The van der Waals surface area contributed by atoms with Crippen molar-refractivity contribution in [3.8, 4) is 23.3 Å². The molecular weight excluding hydrogens is 402 g/mol. The zero-order valence-electron chi connectivity index (χ0n) is 16.4. The molecule has 0 radical (unpaired) electrons. The average molecular weight is 419 g/mol. The molecule has 3 aromatic rings. The first-order valence-corrected chi connectivity index (χ1v) is 9.17. The fourth-order valence-electron chi connectivity index (χ4n) is 3.53. The average Bonchev–Trinajstić information content (AvgIpc) is 2.76. The van der Waals surface area contributed by atoms with E-state index in [-0.39, 0.29) is 35.1 Å². The number of allylic oxidation sites excluding steroid dienone is 1. The highest BCUT2D eigenvalue weighted by atomic mass is 16.5. The van der Waals surface area contributed by atoms with Crippen LogP contribution >= 0.6 is 0 Å². The van der Waals surface area contributed by atoms with E-state index in [2.05, 4.69) is 0 Å². The second-order valence-corrected chi connectivity index (χ2v) is 6.72. The van der Waals surface area contributed by atoms with Crippen LogP contribution in [0.2, 0.25) is 0 Å². The number of nitriles is 1. The summed E-state index contributed by atoms with van der Waals surface area (Å²) in [6.45, 7) is -0.375. The molecule has 9 nitrogen and oxygen atoms in total. The van der Waals surface area contributed by atoms with E-state index in [1.165, 1.54) is 7.11 Å². The monoisotopic (exact) mass is 419 g/mol. The minimum atomic E-state index is -0.878. The fraction of sp³-hybridized carbons (Fsp3) is 0.136. The van der Waals surface area contributed by atoms with Crippen LogP contribution < -0.4 is 31.3 Å². The molecule has 0 saturated carbocycles. The van der Waals surface area contributed by atoms with Gasteiger partial charge in [0, 0.05) is 0 Å². The zero-order valence-corrected chi connectivity index (χ0v) is 16.4. The summed E-state index contributed by atoms with van der Waals surface area (Å²) in [4.78, 5) is 24.1. The lowest BCUT2D eigenvalue weighted by atomic mass is 9.83. The maximum absolute atomic E-state index is 12.9. The van der Waals surface area contributed by atoms with E-state index in [0.717, 1.165) is 0 Å². The Balaban J connectivity index is 1.96. The number of carbonyl (C=O) groups excluding carboxylic acids is 1. The number of nitrogens with two attached hydrogens (primary N) is 2. The summed E-state index contributed by atoms with van der Waals surface area (Å²) in [7, 11) is 1.44. The first kappa shape index (κ1) is 19.8. The van der Waals surface area contributed by atoms with Crippen LogP contribution in [0.15, 0.2) is 63.1 Å². The molecule has 0 aliphatic carbocycles. The number of amides is 1. The molecule has 0 saturated heterocycles.